The third-order valence-electron chi connectivity index (χ3n) is 2.45. The van der Waals surface area contributed by atoms with E-state index in [0.29, 0.717) is 12.6 Å². The van der Waals surface area contributed by atoms with Crippen molar-refractivity contribution < 1.29 is 0 Å². The Morgan fingerprint density at radius 1 is 1.20 bits per heavy atom. The van der Waals surface area contributed by atoms with Crippen LogP contribution >= 0.6 is 0 Å². The molecule has 1 heterocycles. The first-order chi connectivity index (χ1) is 7.38. The molecule has 2 rings (SSSR count). The molecule has 1 aromatic rings. The summed E-state index contributed by atoms with van der Waals surface area (Å²) in [4.78, 5) is 4.10. The van der Waals surface area contributed by atoms with Crippen molar-refractivity contribution in [2.75, 3.05) is 0 Å². The molecule has 0 aromatic heterocycles. The highest BCUT2D eigenvalue weighted by molar-refractivity contribution is 5.67. The highest BCUT2D eigenvalue weighted by atomic mass is 14.9. The van der Waals surface area contributed by atoms with E-state index in [2.05, 4.69) is 34.6 Å². The second-order valence-corrected chi connectivity index (χ2v) is 3.61. The van der Waals surface area contributed by atoms with E-state index in [-0.39, 0.29) is 0 Å². The van der Waals surface area contributed by atoms with Gasteiger partial charge in [-0.3, -0.25) is 4.99 Å². The SMILES string of the molecule is NCc1ccc(CC2C=NC=CN2)cc1. The fourth-order valence-electron chi connectivity index (χ4n) is 1.58. The Labute approximate surface area is 89.7 Å². The molecule has 78 valence electrons. The monoisotopic (exact) mass is 201 g/mol. The van der Waals surface area contributed by atoms with Crippen molar-refractivity contribution in [1.29, 1.82) is 0 Å². The van der Waals surface area contributed by atoms with E-state index in [1.807, 2.05) is 12.4 Å². The van der Waals surface area contributed by atoms with E-state index in [4.69, 9.17) is 5.73 Å². The van der Waals surface area contributed by atoms with Crippen molar-refractivity contribution in [3.63, 3.8) is 0 Å². The molecule has 1 unspecified atom stereocenters. The lowest BCUT2D eigenvalue weighted by Gasteiger charge is -2.14. The van der Waals surface area contributed by atoms with Gasteiger partial charge in [-0.15, -0.1) is 0 Å². The molecule has 0 saturated carbocycles. The standard InChI is InChI=1S/C12H15N3/c13-8-11-3-1-10(2-4-11)7-12-9-14-5-6-15-12/h1-6,9,12,15H,7-8,13H2. The van der Waals surface area contributed by atoms with Crippen LogP contribution in [-0.4, -0.2) is 12.3 Å². The first-order valence-corrected chi connectivity index (χ1v) is 5.11. The zero-order chi connectivity index (χ0) is 10.5. The number of rotatable bonds is 3. The summed E-state index contributed by atoms with van der Waals surface area (Å²) in [5, 5.41) is 3.24. The minimum Gasteiger partial charge on any atom is -0.382 e. The molecular weight excluding hydrogens is 186 g/mol. The number of aliphatic imine (C=N–C) groups is 1. The molecule has 0 amide bonds. The van der Waals surface area contributed by atoms with Gasteiger partial charge in [-0.2, -0.15) is 0 Å². The molecule has 0 radical (unpaired) electrons. The van der Waals surface area contributed by atoms with Crippen LogP contribution in [0.25, 0.3) is 0 Å². The maximum Gasteiger partial charge on any atom is 0.0651 e. The second-order valence-electron chi connectivity index (χ2n) is 3.61. The van der Waals surface area contributed by atoms with Crippen LogP contribution in [0.2, 0.25) is 0 Å². The summed E-state index contributed by atoms with van der Waals surface area (Å²) in [7, 11) is 0. The highest BCUT2D eigenvalue weighted by Crippen LogP contribution is 2.07. The lowest BCUT2D eigenvalue weighted by molar-refractivity contribution is 0.731. The molecule has 3 N–H and O–H groups in total. The number of nitrogens with two attached hydrogens (primary N) is 1. The molecule has 1 aromatic carbocycles. The fraction of sp³-hybridized carbons (Fsp3) is 0.250. The molecule has 15 heavy (non-hydrogen) atoms. The van der Waals surface area contributed by atoms with Crippen molar-refractivity contribution in [2.24, 2.45) is 10.7 Å². The van der Waals surface area contributed by atoms with Gasteiger partial charge < -0.3 is 11.1 Å². The predicted octanol–water partition coefficient (Wildman–Crippen LogP) is 1.20. The predicted molar refractivity (Wildman–Crippen MR) is 62.6 cm³/mol. The molecule has 3 nitrogen and oxygen atoms in total. The largest absolute Gasteiger partial charge is 0.382 e. The van der Waals surface area contributed by atoms with Gasteiger partial charge in [0.2, 0.25) is 0 Å². The number of nitrogens with one attached hydrogen (secondary N) is 1. The van der Waals surface area contributed by atoms with Crippen molar-refractivity contribution in [1.82, 2.24) is 5.32 Å². The van der Waals surface area contributed by atoms with Crippen LogP contribution < -0.4 is 11.1 Å². The van der Waals surface area contributed by atoms with Crippen LogP contribution in [0.1, 0.15) is 11.1 Å². The Morgan fingerprint density at radius 2 is 1.93 bits per heavy atom. The third kappa shape index (κ3) is 2.67. The molecule has 0 saturated heterocycles. The maximum atomic E-state index is 5.54. The summed E-state index contributed by atoms with van der Waals surface area (Å²) < 4.78 is 0. The van der Waals surface area contributed by atoms with Crippen molar-refractivity contribution >= 4 is 6.21 Å². The Hall–Kier alpha value is -1.61. The Balaban J connectivity index is 1.98. The van der Waals surface area contributed by atoms with E-state index >= 15 is 0 Å². The Kier molecular flexibility index (Phi) is 3.15. The van der Waals surface area contributed by atoms with E-state index in [1.165, 1.54) is 11.1 Å². The summed E-state index contributed by atoms with van der Waals surface area (Å²) in [6.07, 6.45) is 6.52. The Morgan fingerprint density at radius 3 is 2.53 bits per heavy atom. The molecule has 1 aliphatic rings. The average Bonchev–Trinajstić information content (AvgIpc) is 2.31. The average molecular weight is 201 g/mol. The number of nitrogens with zero attached hydrogens (tertiary/aromatic N) is 1. The highest BCUT2D eigenvalue weighted by Gasteiger charge is 2.05. The van der Waals surface area contributed by atoms with Gasteiger partial charge in [-0.1, -0.05) is 24.3 Å². The van der Waals surface area contributed by atoms with Crippen molar-refractivity contribution in [2.45, 2.75) is 19.0 Å². The van der Waals surface area contributed by atoms with Gasteiger partial charge in [-0.25, -0.2) is 0 Å². The normalized spacial score (nSPS) is 18.9. The molecule has 0 aliphatic carbocycles. The quantitative estimate of drug-likeness (QED) is 0.772. The van der Waals surface area contributed by atoms with Gasteiger partial charge in [0, 0.05) is 25.2 Å². The molecule has 0 fully saturated rings. The Bertz CT molecular complexity index is 365. The second kappa shape index (κ2) is 4.75. The fourth-order valence-corrected chi connectivity index (χ4v) is 1.58. The van der Waals surface area contributed by atoms with E-state index < -0.39 is 0 Å². The third-order valence-corrected chi connectivity index (χ3v) is 2.45. The van der Waals surface area contributed by atoms with Crippen molar-refractivity contribution in [3.8, 4) is 0 Å². The van der Waals surface area contributed by atoms with Crippen LogP contribution in [0.15, 0.2) is 41.7 Å². The van der Waals surface area contributed by atoms with Crippen LogP contribution in [0.5, 0.6) is 0 Å². The lowest BCUT2D eigenvalue weighted by atomic mass is 10.0. The minimum absolute atomic E-state index is 0.304. The molecule has 3 heteroatoms. The van der Waals surface area contributed by atoms with Gasteiger partial charge in [0.15, 0.2) is 0 Å². The van der Waals surface area contributed by atoms with Gasteiger partial charge in [0.05, 0.1) is 6.04 Å². The van der Waals surface area contributed by atoms with Crippen LogP contribution in [0.3, 0.4) is 0 Å². The molecular formula is C12H15N3. The van der Waals surface area contributed by atoms with E-state index in [0.717, 1.165) is 6.42 Å². The summed E-state index contributed by atoms with van der Waals surface area (Å²) >= 11 is 0. The number of hydrogen-bond acceptors (Lipinski definition) is 3. The van der Waals surface area contributed by atoms with Crippen LogP contribution in [0.4, 0.5) is 0 Å². The number of hydrogen-bond donors (Lipinski definition) is 2. The van der Waals surface area contributed by atoms with Gasteiger partial charge >= 0.3 is 0 Å². The van der Waals surface area contributed by atoms with Crippen molar-refractivity contribution in [3.05, 3.63) is 47.8 Å². The van der Waals surface area contributed by atoms with Crippen LogP contribution in [0, 0.1) is 0 Å². The summed E-state index contributed by atoms with van der Waals surface area (Å²) in [6.45, 7) is 0.603. The van der Waals surface area contributed by atoms with E-state index in [9.17, 15) is 0 Å². The first-order valence-electron chi connectivity index (χ1n) is 5.11. The first kappa shape index (κ1) is 9.93. The molecule has 1 atom stereocenters. The summed E-state index contributed by atoms with van der Waals surface area (Å²) in [5.41, 5.74) is 8.01. The molecule has 0 bridgehead atoms. The zero-order valence-electron chi connectivity index (χ0n) is 8.56. The summed E-state index contributed by atoms with van der Waals surface area (Å²) in [6, 6.07) is 8.70. The molecule has 1 aliphatic heterocycles. The zero-order valence-corrected chi connectivity index (χ0v) is 8.56. The maximum absolute atomic E-state index is 5.54. The topological polar surface area (TPSA) is 50.4 Å². The van der Waals surface area contributed by atoms with Gasteiger partial charge in [0.25, 0.3) is 0 Å². The van der Waals surface area contributed by atoms with E-state index in [1.54, 1.807) is 6.20 Å². The number of benzene rings is 1. The van der Waals surface area contributed by atoms with Gasteiger partial charge in [-0.05, 0) is 17.5 Å². The van der Waals surface area contributed by atoms with Gasteiger partial charge in [0.1, 0.15) is 0 Å². The molecule has 0 spiro atoms. The minimum atomic E-state index is 0.304. The summed E-state index contributed by atoms with van der Waals surface area (Å²) in [5.74, 6) is 0. The van der Waals surface area contributed by atoms with Crippen LogP contribution in [-0.2, 0) is 13.0 Å². The lowest BCUT2D eigenvalue weighted by Crippen LogP contribution is -2.29. The smallest absolute Gasteiger partial charge is 0.0651 e.